The minimum absolute atomic E-state index is 0.0316. The van der Waals surface area contributed by atoms with E-state index in [4.69, 9.17) is 23.2 Å². The molecule has 0 atom stereocenters. The Morgan fingerprint density at radius 3 is 2.71 bits per heavy atom. The van der Waals surface area contributed by atoms with Crippen molar-refractivity contribution in [3.05, 3.63) is 46.1 Å². The fourth-order valence-corrected chi connectivity index (χ4v) is 3.66. The molecule has 1 aromatic heterocycles. The van der Waals surface area contributed by atoms with Crippen LogP contribution in [0.1, 0.15) is 5.56 Å². The summed E-state index contributed by atoms with van der Waals surface area (Å²) in [6, 6.07) is 6.95. The van der Waals surface area contributed by atoms with Crippen LogP contribution in [0, 0.1) is 0 Å². The van der Waals surface area contributed by atoms with Gasteiger partial charge in [0.2, 0.25) is 5.91 Å². The SMILES string of the molecule is O=C(CN1CCSC1=O)Nc1ccnn1Cc1c(Cl)cccc1Cl. The van der Waals surface area contributed by atoms with Gasteiger partial charge in [0.25, 0.3) is 5.24 Å². The van der Waals surface area contributed by atoms with Crippen LogP contribution >= 0.6 is 35.0 Å². The molecule has 0 unspecified atom stereocenters. The molecule has 9 heteroatoms. The first-order valence-electron chi connectivity index (χ1n) is 7.21. The number of hydrogen-bond acceptors (Lipinski definition) is 4. The van der Waals surface area contributed by atoms with E-state index in [1.54, 1.807) is 35.1 Å². The number of nitrogens with zero attached hydrogens (tertiary/aromatic N) is 3. The third-order valence-corrected chi connectivity index (χ3v) is 5.13. The predicted molar refractivity (Wildman–Crippen MR) is 95.8 cm³/mol. The molecule has 24 heavy (non-hydrogen) atoms. The zero-order chi connectivity index (χ0) is 17.1. The summed E-state index contributed by atoms with van der Waals surface area (Å²) in [6.07, 6.45) is 1.58. The lowest BCUT2D eigenvalue weighted by atomic mass is 10.2. The van der Waals surface area contributed by atoms with Crippen LogP contribution in [0.3, 0.4) is 0 Å². The molecule has 3 rings (SSSR count). The average Bonchev–Trinajstić information content (AvgIpc) is 3.13. The van der Waals surface area contributed by atoms with E-state index in [9.17, 15) is 9.59 Å². The van der Waals surface area contributed by atoms with Crippen molar-refractivity contribution in [2.45, 2.75) is 6.54 Å². The molecule has 126 valence electrons. The zero-order valence-corrected chi connectivity index (χ0v) is 14.9. The summed E-state index contributed by atoms with van der Waals surface area (Å²) >= 11 is 13.6. The molecule has 1 aromatic carbocycles. The molecule has 1 fully saturated rings. The summed E-state index contributed by atoms with van der Waals surface area (Å²) in [5.74, 6) is 0.975. The van der Waals surface area contributed by atoms with Crippen molar-refractivity contribution in [3.63, 3.8) is 0 Å². The van der Waals surface area contributed by atoms with Gasteiger partial charge in [-0.3, -0.25) is 9.59 Å². The van der Waals surface area contributed by atoms with Gasteiger partial charge >= 0.3 is 0 Å². The quantitative estimate of drug-likeness (QED) is 0.857. The van der Waals surface area contributed by atoms with Crippen LogP contribution in [0.15, 0.2) is 30.5 Å². The second-order valence-corrected chi connectivity index (χ2v) is 7.02. The Kier molecular flexibility index (Phi) is 5.33. The fourth-order valence-electron chi connectivity index (χ4n) is 2.32. The van der Waals surface area contributed by atoms with Crippen molar-refractivity contribution in [2.24, 2.45) is 0 Å². The van der Waals surface area contributed by atoms with Gasteiger partial charge in [-0.1, -0.05) is 41.0 Å². The lowest BCUT2D eigenvalue weighted by Crippen LogP contribution is -2.33. The number of nitrogens with one attached hydrogen (secondary N) is 1. The first-order chi connectivity index (χ1) is 11.5. The first kappa shape index (κ1) is 17.1. The maximum atomic E-state index is 12.1. The summed E-state index contributed by atoms with van der Waals surface area (Å²) in [5.41, 5.74) is 0.728. The van der Waals surface area contributed by atoms with Crippen LogP contribution in [-0.2, 0) is 11.3 Å². The molecule has 2 amide bonds. The fraction of sp³-hybridized carbons (Fsp3) is 0.267. The van der Waals surface area contributed by atoms with Crippen molar-refractivity contribution in [2.75, 3.05) is 24.2 Å². The summed E-state index contributed by atoms with van der Waals surface area (Å²) in [4.78, 5) is 25.2. The molecule has 0 spiro atoms. The number of carbonyl (C=O) groups is 2. The number of amides is 2. The van der Waals surface area contributed by atoms with Crippen molar-refractivity contribution < 1.29 is 9.59 Å². The third-order valence-electron chi connectivity index (χ3n) is 3.53. The smallest absolute Gasteiger partial charge is 0.282 e. The van der Waals surface area contributed by atoms with E-state index >= 15 is 0 Å². The normalized spacial score (nSPS) is 14.2. The Labute approximate surface area is 153 Å². The van der Waals surface area contributed by atoms with Crippen LogP contribution in [0.5, 0.6) is 0 Å². The molecular formula is C15H14Cl2N4O2S. The molecule has 1 aliphatic heterocycles. The van der Waals surface area contributed by atoms with Gasteiger partial charge in [0.05, 0.1) is 12.7 Å². The minimum Gasteiger partial charge on any atom is -0.323 e. The van der Waals surface area contributed by atoms with E-state index in [0.717, 1.165) is 11.3 Å². The van der Waals surface area contributed by atoms with Gasteiger partial charge in [0.15, 0.2) is 0 Å². The molecule has 0 saturated carbocycles. The number of carbonyl (C=O) groups excluding carboxylic acids is 2. The van der Waals surface area contributed by atoms with Gasteiger partial charge in [-0.25, -0.2) is 4.68 Å². The molecule has 1 saturated heterocycles. The molecule has 1 aliphatic rings. The van der Waals surface area contributed by atoms with Gasteiger partial charge in [0.1, 0.15) is 12.4 Å². The van der Waals surface area contributed by atoms with Crippen LogP contribution in [0.4, 0.5) is 10.6 Å². The molecular weight excluding hydrogens is 371 g/mol. The number of hydrogen-bond donors (Lipinski definition) is 1. The van der Waals surface area contributed by atoms with Crippen LogP contribution < -0.4 is 5.32 Å². The largest absolute Gasteiger partial charge is 0.323 e. The lowest BCUT2D eigenvalue weighted by molar-refractivity contribution is -0.116. The Morgan fingerprint density at radius 1 is 1.29 bits per heavy atom. The van der Waals surface area contributed by atoms with Gasteiger partial charge < -0.3 is 10.2 Å². The predicted octanol–water partition coefficient (Wildman–Crippen LogP) is 3.35. The Bertz CT molecular complexity index is 760. The van der Waals surface area contributed by atoms with Gasteiger partial charge in [-0.15, -0.1) is 0 Å². The Balaban J connectivity index is 1.69. The lowest BCUT2D eigenvalue weighted by Gasteiger charge is -2.15. The zero-order valence-electron chi connectivity index (χ0n) is 12.5. The minimum atomic E-state index is -0.266. The average molecular weight is 385 g/mol. The second-order valence-electron chi connectivity index (χ2n) is 5.16. The molecule has 6 nitrogen and oxygen atoms in total. The Hall–Kier alpha value is -1.70. The summed E-state index contributed by atoms with van der Waals surface area (Å²) in [7, 11) is 0. The van der Waals surface area contributed by atoms with Crippen LogP contribution in [0.2, 0.25) is 10.0 Å². The highest BCUT2D eigenvalue weighted by molar-refractivity contribution is 8.13. The monoisotopic (exact) mass is 384 g/mol. The van der Waals surface area contributed by atoms with E-state index < -0.39 is 0 Å². The topological polar surface area (TPSA) is 67.2 Å². The second kappa shape index (κ2) is 7.46. The molecule has 0 bridgehead atoms. The number of halogens is 2. The number of aromatic nitrogens is 2. The summed E-state index contributed by atoms with van der Waals surface area (Å²) < 4.78 is 1.60. The number of benzene rings is 1. The van der Waals surface area contributed by atoms with E-state index in [1.165, 1.54) is 16.7 Å². The third kappa shape index (κ3) is 3.85. The number of thioether (sulfide) groups is 1. The van der Waals surface area contributed by atoms with E-state index in [0.29, 0.717) is 29.0 Å². The van der Waals surface area contributed by atoms with Gasteiger partial charge in [-0.2, -0.15) is 5.10 Å². The van der Waals surface area contributed by atoms with Crippen molar-refractivity contribution in [3.8, 4) is 0 Å². The highest BCUT2D eigenvalue weighted by atomic mass is 35.5. The molecule has 1 N–H and O–H groups in total. The van der Waals surface area contributed by atoms with Gasteiger partial charge in [-0.05, 0) is 12.1 Å². The summed E-state index contributed by atoms with van der Waals surface area (Å²) in [5, 5.41) is 7.97. The first-order valence-corrected chi connectivity index (χ1v) is 8.95. The molecule has 0 aliphatic carbocycles. The highest BCUT2D eigenvalue weighted by Crippen LogP contribution is 2.26. The standard InChI is InChI=1S/C15H14Cl2N4O2S/c16-11-2-1-3-12(17)10(11)8-21-13(4-5-18-21)19-14(22)9-20-6-7-24-15(20)23/h1-5H,6-9H2,(H,19,22). The van der Waals surface area contributed by atoms with E-state index in [-0.39, 0.29) is 17.7 Å². The molecule has 2 aromatic rings. The van der Waals surface area contributed by atoms with Crippen LogP contribution in [-0.4, -0.2) is 44.7 Å². The molecule has 2 heterocycles. The maximum absolute atomic E-state index is 12.1. The van der Waals surface area contributed by atoms with Crippen molar-refractivity contribution in [1.82, 2.24) is 14.7 Å². The van der Waals surface area contributed by atoms with Crippen molar-refractivity contribution >= 4 is 51.9 Å². The van der Waals surface area contributed by atoms with Crippen LogP contribution in [0.25, 0.3) is 0 Å². The van der Waals surface area contributed by atoms with Gasteiger partial charge in [0, 0.05) is 34.0 Å². The molecule has 0 radical (unpaired) electrons. The van der Waals surface area contributed by atoms with Crippen molar-refractivity contribution in [1.29, 1.82) is 0 Å². The highest BCUT2D eigenvalue weighted by Gasteiger charge is 2.23. The Morgan fingerprint density at radius 2 is 2.04 bits per heavy atom. The number of anilines is 1. The maximum Gasteiger partial charge on any atom is 0.282 e. The van der Waals surface area contributed by atoms with E-state index in [1.807, 2.05) is 0 Å². The number of rotatable bonds is 5. The summed E-state index contributed by atoms with van der Waals surface area (Å²) in [6.45, 7) is 0.953. The van der Waals surface area contributed by atoms with E-state index in [2.05, 4.69) is 10.4 Å².